The van der Waals surface area contributed by atoms with Crippen LogP contribution in [0.4, 0.5) is 0 Å². The number of nitrogens with two attached hydrogens (primary N) is 1. The summed E-state index contributed by atoms with van der Waals surface area (Å²) in [6, 6.07) is 2.55. The summed E-state index contributed by atoms with van der Waals surface area (Å²) in [4.78, 5) is 2.49. The molecule has 0 spiro atoms. The molecule has 1 aromatic rings. The minimum absolute atomic E-state index is 0.453. The van der Waals surface area contributed by atoms with Crippen molar-refractivity contribution in [2.24, 2.45) is 18.7 Å². The van der Waals surface area contributed by atoms with Gasteiger partial charge in [-0.25, -0.2) is 0 Å². The van der Waals surface area contributed by atoms with Crippen LogP contribution in [0.15, 0.2) is 12.3 Å². The molecule has 0 aromatic carbocycles. The van der Waals surface area contributed by atoms with Crippen LogP contribution in [0, 0.1) is 5.92 Å². The molecule has 0 radical (unpaired) electrons. The first-order valence-electron chi connectivity index (χ1n) is 5.64. The van der Waals surface area contributed by atoms with Crippen molar-refractivity contribution in [3.05, 3.63) is 18.0 Å². The Bertz CT molecular complexity index is 320. The van der Waals surface area contributed by atoms with E-state index in [0.717, 1.165) is 19.6 Å². The van der Waals surface area contributed by atoms with Gasteiger partial charge in [-0.3, -0.25) is 9.58 Å². The van der Waals surface area contributed by atoms with Crippen LogP contribution < -0.4 is 5.73 Å². The summed E-state index contributed by atoms with van der Waals surface area (Å²) in [5.74, 6) is 0.681. The van der Waals surface area contributed by atoms with Gasteiger partial charge in [0.2, 0.25) is 0 Å². The second-order valence-corrected chi connectivity index (χ2v) is 4.44. The minimum Gasteiger partial charge on any atom is -0.330 e. The molecule has 0 aliphatic carbocycles. The van der Waals surface area contributed by atoms with Crippen LogP contribution in [0.5, 0.6) is 0 Å². The van der Waals surface area contributed by atoms with E-state index in [1.807, 2.05) is 17.9 Å². The lowest BCUT2D eigenvalue weighted by Gasteiger charge is -2.24. The van der Waals surface area contributed by atoms with Crippen molar-refractivity contribution < 1.29 is 0 Å². The van der Waals surface area contributed by atoms with Gasteiger partial charge in [0.15, 0.2) is 0 Å². The second kappa shape index (κ2) is 4.33. The first kappa shape index (κ1) is 10.6. The average molecular weight is 208 g/mol. The van der Waals surface area contributed by atoms with Crippen molar-refractivity contribution in [1.29, 1.82) is 0 Å². The van der Waals surface area contributed by atoms with Crippen molar-refractivity contribution in [3.63, 3.8) is 0 Å². The molecular weight excluding hydrogens is 188 g/mol. The van der Waals surface area contributed by atoms with E-state index in [4.69, 9.17) is 5.73 Å². The van der Waals surface area contributed by atoms with Crippen molar-refractivity contribution in [1.82, 2.24) is 14.7 Å². The molecule has 2 unspecified atom stereocenters. The largest absolute Gasteiger partial charge is 0.330 e. The topological polar surface area (TPSA) is 47.1 Å². The number of aryl methyl sites for hydroxylation is 1. The molecule has 2 atom stereocenters. The van der Waals surface area contributed by atoms with Gasteiger partial charge in [-0.1, -0.05) is 0 Å². The fraction of sp³-hybridized carbons (Fsp3) is 0.727. The fourth-order valence-electron chi connectivity index (χ4n) is 2.39. The lowest BCUT2D eigenvalue weighted by Crippen LogP contribution is -2.27. The van der Waals surface area contributed by atoms with Gasteiger partial charge in [0.25, 0.3) is 0 Å². The second-order valence-electron chi connectivity index (χ2n) is 4.44. The zero-order chi connectivity index (χ0) is 10.8. The molecule has 1 saturated heterocycles. The van der Waals surface area contributed by atoms with Crippen LogP contribution in [0.25, 0.3) is 0 Å². The third kappa shape index (κ3) is 2.06. The molecule has 0 bridgehead atoms. The molecule has 4 heteroatoms. The zero-order valence-electron chi connectivity index (χ0n) is 9.56. The zero-order valence-corrected chi connectivity index (χ0v) is 9.56. The highest BCUT2D eigenvalue weighted by atomic mass is 15.3. The van der Waals surface area contributed by atoms with Crippen molar-refractivity contribution in [2.75, 3.05) is 19.6 Å². The Labute approximate surface area is 91.1 Å². The van der Waals surface area contributed by atoms with Crippen LogP contribution in [0.3, 0.4) is 0 Å². The first-order valence-corrected chi connectivity index (χ1v) is 5.64. The molecule has 4 nitrogen and oxygen atoms in total. The summed E-state index contributed by atoms with van der Waals surface area (Å²) in [6.07, 6.45) is 3.10. The molecule has 0 saturated carbocycles. The molecule has 84 valence electrons. The number of nitrogens with zero attached hydrogens (tertiary/aromatic N) is 3. The molecular formula is C11H20N4. The van der Waals surface area contributed by atoms with E-state index in [9.17, 15) is 0 Å². The SMILES string of the molecule is CC(c1ccnn1C)N1CCC(CN)C1. The molecule has 2 heterocycles. The van der Waals surface area contributed by atoms with Crippen molar-refractivity contribution in [2.45, 2.75) is 19.4 Å². The number of likely N-dealkylation sites (tertiary alicyclic amines) is 1. The Morgan fingerprint density at radius 2 is 2.47 bits per heavy atom. The Morgan fingerprint density at radius 1 is 1.67 bits per heavy atom. The molecule has 1 aliphatic heterocycles. The van der Waals surface area contributed by atoms with E-state index >= 15 is 0 Å². The van der Waals surface area contributed by atoms with Gasteiger partial charge in [0, 0.05) is 25.8 Å². The van der Waals surface area contributed by atoms with Crippen LogP contribution in [0.1, 0.15) is 25.1 Å². The quantitative estimate of drug-likeness (QED) is 0.798. The van der Waals surface area contributed by atoms with E-state index < -0.39 is 0 Å². The van der Waals surface area contributed by atoms with Crippen LogP contribution in [-0.2, 0) is 7.05 Å². The van der Waals surface area contributed by atoms with Gasteiger partial charge in [-0.05, 0) is 38.4 Å². The van der Waals surface area contributed by atoms with Crippen LogP contribution >= 0.6 is 0 Å². The molecule has 1 fully saturated rings. The van der Waals surface area contributed by atoms with E-state index in [1.54, 1.807) is 0 Å². The predicted molar refractivity (Wildman–Crippen MR) is 60.4 cm³/mol. The monoisotopic (exact) mass is 208 g/mol. The molecule has 2 N–H and O–H groups in total. The lowest BCUT2D eigenvalue weighted by molar-refractivity contribution is 0.244. The van der Waals surface area contributed by atoms with E-state index in [1.165, 1.54) is 12.1 Å². The Morgan fingerprint density at radius 3 is 3.00 bits per heavy atom. The molecule has 1 aliphatic rings. The highest BCUT2D eigenvalue weighted by Gasteiger charge is 2.26. The number of rotatable bonds is 3. The summed E-state index contributed by atoms with van der Waals surface area (Å²) < 4.78 is 1.96. The molecule has 2 rings (SSSR count). The molecule has 0 amide bonds. The van der Waals surface area contributed by atoms with Gasteiger partial charge in [-0.2, -0.15) is 5.10 Å². The summed E-state index contributed by atoms with van der Waals surface area (Å²) in [7, 11) is 2.00. The summed E-state index contributed by atoms with van der Waals surface area (Å²) >= 11 is 0. The van der Waals surface area contributed by atoms with Gasteiger partial charge in [0.05, 0.1) is 5.69 Å². The average Bonchev–Trinajstić information content (AvgIpc) is 2.84. The standard InChI is InChI=1S/C11H20N4/c1-9(11-3-5-13-14(11)2)15-6-4-10(7-12)8-15/h3,5,9-10H,4,6-8,12H2,1-2H3. The van der Waals surface area contributed by atoms with Crippen LogP contribution in [-0.4, -0.2) is 34.3 Å². The number of hydrogen-bond donors (Lipinski definition) is 1. The maximum atomic E-state index is 5.70. The molecule has 15 heavy (non-hydrogen) atoms. The third-order valence-corrected chi connectivity index (χ3v) is 3.49. The number of hydrogen-bond acceptors (Lipinski definition) is 3. The van der Waals surface area contributed by atoms with E-state index in [0.29, 0.717) is 12.0 Å². The van der Waals surface area contributed by atoms with Crippen molar-refractivity contribution in [3.8, 4) is 0 Å². The smallest absolute Gasteiger partial charge is 0.0549 e. The molecule has 1 aromatic heterocycles. The van der Waals surface area contributed by atoms with Crippen molar-refractivity contribution >= 4 is 0 Å². The first-order chi connectivity index (χ1) is 7.22. The van der Waals surface area contributed by atoms with Gasteiger partial charge >= 0.3 is 0 Å². The maximum absolute atomic E-state index is 5.70. The highest BCUT2D eigenvalue weighted by molar-refractivity contribution is 5.06. The number of aromatic nitrogens is 2. The maximum Gasteiger partial charge on any atom is 0.0549 e. The third-order valence-electron chi connectivity index (χ3n) is 3.49. The van der Waals surface area contributed by atoms with Gasteiger partial charge < -0.3 is 5.73 Å². The van der Waals surface area contributed by atoms with Gasteiger partial charge in [0.1, 0.15) is 0 Å². The highest BCUT2D eigenvalue weighted by Crippen LogP contribution is 2.26. The predicted octanol–water partition coefficient (Wildman–Crippen LogP) is 0.762. The van der Waals surface area contributed by atoms with Crippen LogP contribution in [0.2, 0.25) is 0 Å². The summed E-state index contributed by atoms with van der Waals surface area (Å²) in [6.45, 7) is 5.35. The minimum atomic E-state index is 0.453. The summed E-state index contributed by atoms with van der Waals surface area (Å²) in [5.41, 5.74) is 6.99. The van der Waals surface area contributed by atoms with E-state index in [2.05, 4.69) is 23.0 Å². The lowest BCUT2D eigenvalue weighted by atomic mass is 10.1. The Balaban J connectivity index is 2.03. The Hall–Kier alpha value is -0.870. The van der Waals surface area contributed by atoms with E-state index in [-0.39, 0.29) is 0 Å². The Kier molecular flexibility index (Phi) is 3.07. The normalized spacial score (nSPS) is 24.6. The summed E-state index contributed by atoms with van der Waals surface area (Å²) in [5, 5.41) is 4.21. The fourth-order valence-corrected chi connectivity index (χ4v) is 2.39. The van der Waals surface area contributed by atoms with Gasteiger partial charge in [-0.15, -0.1) is 0 Å².